The maximum absolute atomic E-state index is 4.19. The van der Waals surface area contributed by atoms with E-state index in [1.165, 1.54) is 33.5 Å². The second kappa shape index (κ2) is 14.9. The van der Waals surface area contributed by atoms with Crippen LogP contribution in [-0.4, -0.2) is 6.04 Å². The molecule has 1 atom stereocenters. The van der Waals surface area contributed by atoms with Crippen LogP contribution in [0.3, 0.4) is 0 Å². The third-order valence-corrected chi connectivity index (χ3v) is 8.11. The van der Waals surface area contributed by atoms with Gasteiger partial charge in [0.2, 0.25) is 0 Å². The molecule has 3 aromatic rings. The normalized spacial score (nSPS) is 16.8. The summed E-state index contributed by atoms with van der Waals surface area (Å²) in [4.78, 5) is 0. The Morgan fingerprint density at radius 2 is 1.68 bits per heavy atom. The molecular weight excluding hydrogens is 532 g/mol. The van der Waals surface area contributed by atoms with E-state index in [0.717, 1.165) is 47.3 Å². The molecule has 220 valence electrons. The summed E-state index contributed by atoms with van der Waals surface area (Å²) < 4.78 is 0. The lowest BCUT2D eigenvalue weighted by molar-refractivity contribution is 0.801. The van der Waals surface area contributed by atoms with Crippen molar-refractivity contribution in [2.24, 2.45) is 0 Å². The largest absolute Gasteiger partial charge is 0.377 e. The van der Waals surface area contributed by atoms with Gasteiger partial charge in [-0.15, -0.1) is 0 Å². The monoisotopic (exact) mass is 574 g/mol. The van der Waals surface area contributed by atoms with Crippen molar-refractivity contribution >= 4 is 29.1 Å². The molecule has 0 saturated carbocycles. The molecule has 44 heavy (non-hydrogen) atoms. The van der Waals surface area contributed by atoms with Crippen molar-refractivity contribution in [1.82, 2.24) is 0 Å². The van der Waals surface area contributed by atoms with E-state index in [2.05, 4.69) is 146 Å². The van der Waals surface area contributed by atoms with Gasteiger partial charge in [0.15, 0.2) is 0 Å². The fraction of sp³-hybridized carbons (Fsp3) is 0.143. The highest BCUT2D eigenvalue weighted by Gasteiger charge is 2.22. The van der Waals surface area contributed by atoms with E-state index < -0.39 is 0 Å². The second-order valence-corrected chi connectivity index (χ2v) is 11.0. The summed E-state index contributed by atoms with van der Waals surface area (Å²) in [6, 6.07) is 23.8. The number of hydrogen-bond acceptors (Lipinski definition) is 2. The highest BCUT2D eigenvalue weighted by molar-refractivity contribution is 5.90. The van der Waals surface area contributed by atoms with Crippen molar-refractivity contribution in [2.45, 2.75) is 39.2 Å². The molecule has 3 aromatic carbocycles. The molecular formula is C42H42N2. The Labute approximate surface area is 263 Å². The molecule has 0 bridgehead atoms. The molecule has 2 aliphatic rings. The van der Waals surface area contributed by atoms with Gasteiger partial charge in [0.05, 0.1) is 6.04 Å². The molecule has 5 rings (SSSR count). The minimum absolute atomic E-state index is 0.184. The SMILES string of the molecule is C=C/C(=C\C=C/C)c1ccc(NC2=CC=C(C3=CC=CCC3Nc3ccc(/C=C\C)c(C=C)c3-c3ccccc3)CC2)cc1. The summed E-state index contributed by atoms with van der Waals surface area (Å²) in [7, 11) is 0. The van der Waals surface area contributed by atoms with Gasteiger partial charge >= 0.3 is 0 Å². The van der Waals surface area contributed by atoms with Gasteiger partial charge in [-0.1, -0.05) is 129 Å². The van der Waals surface area contributed by atoms with E-state index >= 15 is 0 Å². The molecule has 0 radical (unpaired) electrons. The van der Waals surface area contributed by atoms with Gasteiger partial charge in [-0.05, 0) is 96.4 Å². The Bertz CT molecular complexity index is 1700. The number of allylic oxidation sites excluding steroid dienone is 11. The predicted molar refractivity (Wildman–Crippen MR) is 194 cm³/mol. The number of hydrogen-bond donors (Lipinski definition) is 2. The van der Waals surface area contributed by atoms with Gasteiger partial charge < -0.3 is 10.6 Å². The van der Waals surface area contributed by atoms with Crippen molar-refractivity contribution in [1.29, 1.82) is 0 Å². The van der Waals surface area contributed by atoms with E-state index in [1.807, 2.05) is 31.2 Å². The lowest BCUT2D eigenvalue weighted by Gasteiger charge is -2.29. The van der Waals surface area contributed by atoms with Crippen molar-refractivity contribution in [3.05, 3.63) is 174 Å². The first-order valence-corrected chi connectivity index (χ1v) is 15.5. The van der Waals surface area contributed by atoms with Crippen LogP contribution in [0.2, 0.25) is 0 Å². The number of nitrogens with one attached hydrogen (secondary N) is 2. The van der Waals surface area contributed by atoms with E-state index in [0.29, 0.717) is 0 Å². The lowest BCUT2D eigenvalue weighted by atomic mass is 9.86. The third kappa shape index (κ3) is 7.10. The molecule has 1 unspecified atom stereocenters. The average Bonchev–Trinajstić information content (AvgIpc) is 3.07. The second-order valence-electron chi connectivity index (χ2n) is 11.0. The van der Waals surface area contributed by atoms with Crippen LogP contribution in [0, 0.1) is 0 Å². The quantitative estimate of drug-likeness (QED) is 0.223. The van der Waals surface area contributed by atoms with Crippen LogP contribution in [0.15, 0.2) is 157 Å². The van der Waals surface area contributed by atoms with Crippen LogP contribution in [0.1, 0.15) is 49.8 Å². The van der Waals surface area contributed by atoms with Gasteiger partial charge in [0, 0.05) is 22.6 Å². The molecule has 0 heterocycles. The Kier molecular flexibility index (Phi) is 10.3. The highest BCUT2D eigenvalue weighted by atomic mass is 14.9. The summed E-state index contributed by atoms with van der Waals surface area (Å²) in [5, 5.41) is 7.57. The third-order valence-electron chi connectivity index (χ3n) is 8.11. The molecule has 2 nitrogen and oxygen atoms in total. The summed E-state index contributed by atoms with van der Waals surface area (Å²) >= 11 is 0. The van der Waals surface area contributed by atoms with Gasteiger partial charge in [-0.2, -0.15) is 0 Å². The number of rotatable bonds is 11. The molecule has 2 N–H and O–H groups in total. The Hall–Kier alpha value is -5.08. The summed E-state index contributed by atoms with van der Waals surface area (Å²) in [6.07, 6.45) is 28.4. The molecule has 0 spiro atoms. The predicted octanol–water partition coefficient (Wildman–Crippen LogP) is 11.6. The first-order chi connectivity index (χ1) is 21.6. The zero-order valence-corrected chi connectivity index (χ0v) is 25.9. The molecule has 0 aliphatic heterocycles. The molecule has 2 aliphatic carbocycles. The average molecular weight is 575 g/mol. The van der Waals surface area contributed by atoms with Crippen LogP contribution in [0.5, 0.6) is 0 Å². The standard InChI is InChI=1S/C42H42N2/c1-5-9-16-31(7-3)32-21-26-36(27-22-32)43-37-28-23-34(24-29-37)39-19-13-14-20-40(39)44-41-30-25-33(15-6-2)38(8-4)42(41)35-17-11-10-12-18-35/h5-19,21-23,25-28,30,40,43-44H,3-4,20,24,29H2,1-2H3/b9-5-,15-6-,31-16+. The van der Waals surface area contributed by atoms with Crippen LogP contribution in [0.25, 0.3) is 28.9 Å². The fourth-order valence-electron chi connectivity index (χ4n) is 5.90. The van der Waals surface area contributed by atoms with E-state index in [-0.39, 0.29) is 6.04 Å². The van der Waals surface area contributed by atoms with E-state index in [1.54, 1.807) is 0 Å². The summed E-state index contributed by atoms with van der Waals surface area (Å²) in [5.74, 6) is 0. The van der Waals surface area contributed by atoms with Gasteiger partial charge in [0.1, 0.15) is 0 Å². The van der Waals surface area contributed by atoms with E-state index in [4.69, 9.17) is 0 Å². The van der Waals surface area contributed by atoms with Crippen molar-refractivity contribution < 1.29 is 0 Å². The maximum atomic E-state index is 4.19. The van der Waals surface area contributed by atoms with Crippen LogP contribution in [-0.2, 0) is 0 Å². The van der Waals surface area contributed by atoms with Crippen LogP contribution >= 0.6 is 0 Å². The highest BCUT2D eigenvalue weighted by Crippen LogP contribution is 2.38. The Balaban J connectivity index is 1.36. The maximum Gasteiger partial charge on any atom is 0.0551 e. The topological polar surface area (TPSA) is 24.1 Å². The van der Waals surface area contributed by atoms with Gasteiger partial charge in [-0.25, -0.2) is 0 Å². The smallest absolute Gasteiger partial charge is 0.0551 e. The number of benzene rings is 3. The molecule has 0 fully saturated rings. The molecule has 0 saturated heterocycles. The van der Waals surface area contributed by atoms with Crippen molar-refractivity contribution in [3.8, 4) is 11.1 Å². The zero-order valence-electron chi connectivity index (χ0n) is 25.9. The summed E-state index contributed by atoms with van der Waals surface area (Å²) in [6.45, 7) is 12.2. The number of anilines is 2. The first-order valence-electron chi connectivity index (χ1n) is 15.5. The first kappa shape index (κ1) is 30.4. The molecule has 0 aromatic heterocycles. The molecule has 2 heteroatoms. The van der Waals surface area contributed by atoms with Crippen LogP contribution < -0.4 is 10.6 Å². The van der Waals surface area contributed by atoms with Crippen molar-refractivity contribution in [2.75, 3.05) is 10.6 Å². The fourth-order valence-corrected chi connectivity index (χ4v) is 5.90. The Morgan fingerprint density at radius 1 is 0.864 bits per heavy atom. The minimum atomic E-state index is 0.184. The van der Waals surface area contributed by atoms with Crippen LogP contribution in [0.4, 0.5) is 11.4 Å². The Morgan fingerprint density at radius 3 is 2.36 bits per heavy atom. The van der Waals surface area contributed by atoms with Crippen molar-refractivity contribution in [3.63, 3.8) is 0 Å². The lowest BCUT2D eigenvalue weighted by Crippen LogP contribution is -2.25. The minimum Gasteiger partial charge on any atom is -0.377 e. The zero-order chi connectivity index (χ0) is 30.7. The summed E-state index contributed by atoms with van der Waals surface area (Å²) in [5.41, 5.74) is 13.2. The van der Waals surface area contributed by atoms with Gasteiger partial charge in [-0.3, -0.25) is 0 Å². The van der Waals surface area contributed by atoms with E-state index in [9.17, 15) is 0 Å². The van der Waals surface area contributed by atoms with Gasteiger partial charge in [0.25, 0.3) is 0 Å². The molecule has 0 amide bonds.